The van der Waals surface area contributed by atoms with Gasteiger partial charge in [0.2, 0.25) is 0 Å². The fraction of sp³-hybridized carbons (Fsp3) is 0.692. The Balaban J connectivity index is 1.82. The second-order valence-electron chi connectivity index (χ2n) is 4.96. The van der Waals surface area contributed by atoms with E-state index in [0.29, 0.717) is 11.0 Å². The molecule has 1 aliphatic rings. The van der Waals surface area contributed by atoms with Crippen molar-refractivity contribution in [2.24, 2.45) is 5.92 Å². The molecule has 5 heteroatoms. The predicted octanol–water partition coefficient (Wildman–Crippen LogP) is 2.09. The number of nitrogens with zero attached hydrogens (tertiary/aromatic N) is 2. The van der Waals surface area contributed by atoms with Crippen molar-refractivity contribution >= 4 is 15.9 Å². The van der Waals surface area contributed by atoms with Gasteiger partial charge in [-0.1, -0.05) is 12.8 Å². The highest BCUT2D eigenvalue weighted by atomic mass is 79.9. The number of aryl methyl sites for hydroxylation is 1. The van der Waals surface area contributed by atoms with E-state index in [1.165, 1.54) is 25.7 Å². The minimum atomic E-state index is 0.00478. The number of hydrogen-bond donors (Lipinski definition) is 1. The summed E-state index contributed by atoms with van der Waals surface area (Å²) in [5.74, 6) is 1.61. The van der Waals surface area contributed by atoms with Crippen LogP contribution in [0.3, 0.4) is 0 Å². The Hall–Kier alpha value is -0.680. The zero-order valence-corrected chi connectivity index (χ0v) is 12.4. The number of hydrogen-bond acceptors (Lipinski definition) is 3. The maximum absolute atomic E-state index is 11.9. The van der Waals surface area contributed by atoms with Gasteiger partial charge in [0.1, 0.15) is 10.3 Å². The molecule has 1 aromatic rings. The van der Waals surface area contributed by atoms with Gasteiger partial charge in [-0.05, 0) is 48.2 Å². The number of nitrogens with one attached hydrogen (secondary N) is 1. The third kappa shape index (κ3) is 3.42. The van der Waals surface area contributed by atoms with Crippen LogP contribution in [0.15, 0.2) is 15.5 Å². The van der Waals surface area contributed by atoms with Crippen LogP contribution in [-0.4, -0.2) is 22.6 Å². The molecule has 2 rings (SSSR count). The van der Waals surface area contributed by atoms with E-state index in [1.54, 1.807) is 10.8 Å². The molecule has 1 saturated carbocycles. The molecule has 1 aromatic heterocycles. The summed E-state index contributed by atoms with van der Waals surface area (Å²) in [7, 11) is 0. The van der Waals surface area contributed by atoms with Crippen molar-refractivity contribution in [2.45, 2.75) is 39.2 Å². The van der Waals surface area contributed by atoms with Crippen LogP contribution in [0, 0.1) is 12.8 Å². The van der Waals surface area contributed by atoms with Gasteiger partial charge >= 0.3 is 0 Å². The fourth-order valence-electron chi connectivity index (χ4n) is 2.53. The Morgan fingerprint density at radius 2 is 2.22 bits per heavy atom. The zero-order chi connectivity index (χ0) is 13.0. The van der Waals surface area contributed by atoms with Gasteiger partial charge in [-0.2, -0.15) is 0 Å². The molecule has 1 N–H and O–H groups in total. The summed E-state index contributed by atoms with van der Waals surface area (Å²) in [6.07, 6.45) is 7.02. The molecule has 0 aromatic carbocycles. The van der Waals surface area contributed by atoms with E-state index in [9.17, 15) is 4.79 Å². The van der Waals surface area contributed by atoms with Crippen LogP contribution in [0.5, 0.6) is 0 Å². The molecule has 0 unspecified atom stereocenters. The summed E-state index contributed by atoms with van der Waals surface area (Å²) >= 11 is 3.23. The summed E-state index contributed by atoms with van der Waals surface area (Å²) in [4.78, 5) is 16.1. The zero-order valence-electron chi connectivity index (χ0n) is 10.8. The van der Waals surface area contributed by atoms with Crippen LogP contribution in [0.1, 0.15) is 31.5 Å². The molecule has 1 aliphatic carbocycles. The minimum absolute atomic E-state index is 0.00478. The molecule has 1 heterocycles. The van der Waals surface area contributed by atoms with Crippen LogP contribution < -0.4 is 10.9 Å². The van der Waals surface area contributed by atoms with Crippen LogP contribution in [0.4, 0.5) is 0 Å². The second kappa shape index (κ2) is 6.48. The SMILES string of the molecule is Cc1ncc(Br)c(=O)n1CCNCC1CCCC1. The van der Waals surface area contributed by atoms with Crippen LogP contribution >= 0.6 is 15.9 Å². The largest absolute Gasteiger partial charge is 0.315 e. The Kier molecular flexibility index (Phi) is 4.95. The minimum Gasteiger partial charge on any atom is -0.315 e. The van der Waals surface area contributed by atoms with Crippen molar-refractivity contribution in [3.8, 4) is 0 Å². The standard InChI is InChI=1S/C13H20BrN3O/c1-10-16-9-12(14)13(18)17(10)7-6-15-8-11-4-2-3-5-11/h9,11,15H,2-8H2,1H3. The van der Waals surface area contributed by atoms with Gasteiger partial charge in [0, 0.05) is 19.3 Å². The number of rotatable bonds is 5. The van der Waals surface area contributed by atoms with Crippen molar-refractivity contribution in [3.63, 3.8) is 0 Å². The fourth-order valence-corrected chi connectivity index (χ4v) is 2.84. The van der Waals surface area contributed by atoms with E-state index >= 15 is 0 Å². The van der Waals surface area contributed by atoms with Crippen LogP contribution in [0.25, 0.3) is 0 Å². The third-order valence-electron chi connectivity index (χ3n) is 3.62. The van der Waals surface area contributed by atoms with Crippen molar-refractivity contribution in [2.75, 3.05) is 13.1 Å². The Bertz CT molecular complexity index is 452. The first-order valence-electron chi connectivity index (χ1n) is 6.61. The van der Waals surface area contributed by atoms with E-state index in [4.69, 9.17) is 0 Å². The highest BCUT2D eigenvalue weighted by molar-refractivity contribution is 9.10. The van der Waals surface area contributed by atoms with Gasteiger partial charge in [0.15, 0.2) is 0 Å². The highest BCUT2D eigenvalue weighted by Crippen LogP contribution is 2.23. The topological polar surface area (TPSA) is 46.9 Å². The lowest BCUT2D eigenvalue weighted by atomic mass is 10.1. The normalized spacial score (nSPS) is 16.3. The van der Waals surface area contributed by atoms with Crippen LogP contribution in [-0.2, 0) is 6.54 Å². The maximum Gasteiger partial charge on any atom is 0.267 e. The molecule has 100 valence electrons. The van der Waals surface area contributed by atoms with E-state index in [-0.39, 0.29) is 5.56 Å². The lowest BCUT2D eigenvalue weighted by molar-refractivity contribution is 0.470. The third-order valence-corrected chi connectivity index (χ3v) is 4.17. The second-order valence-corrected chi connectivity index (χ2v) is 5.82. The summed E-state index contributed by atoms with van der Waals surface area (Å²) in [5, 5.41) is 3.45. The molecular formula is C13H20BrN3O. The molecule has 4 nitrogen and oxygen atoms in total. The smallest absolute Gasteiger partial charge is 0.267 e. The maximum atomic E-state index is 11.9. The van der Waals surface area contributed by atoms with E-state index < -0.39 is 0 Å². The highest BCUT2D eigenvalue weighted by Gasteiger charge is 2.14. The molecule has 0 amide bonds. The number of halogens is 1. The number of aromatic nitrogens is 2. The molecule has 0 saturated heterocycles. The average molecular weight is 314 g/mol. The van der Waals surface area contributed by atoms with Gasteiger partial charge in [-0.15, -0.1) is 0 Å². The predicted molar refractivity (Wildman–Crippen MR) is 75.8 cm³/mol. The molecule has 0 aliphatic heterocycles. The Morgan fingerprint density at radius 3 is 2.94 bits per heavy atom. The first kappa shape index (κ1) is 13.7. The van der Waals surface area contributed by atoms with Crippen molar-refractivity contribution in [1.29, 1.82) is 0 Å². The van der Waals surface area contributed by atoms with Crippen molar-refractivity contribution < 1.29 is 0 Å². The van der Waals surface area contributed by atoms with Crippen LogP contribution in [0.2, 0.25) is 0 Å². The van der Waals surface area contributed by atoms with E-state index in [0.717, 1.165) is 24.8 Å². The molecule has 0 atom stereocenters. The van der Waals surface area contributed by atoms with Gasteiger partial charge < -0.3 is 5.32 Å². The van der Waals surface area contributed by atoms with Gasteiger partial charge in [-0.25, -0.2) is 4.98 Å². The van der Waals surface area contributed by atoms with Crippen molar-refractivity contribution in [1.82, 2.24) is 14.9 Å². The monoisotopic (exact) mass is 313 g/mol. The summed E-state index contributed by atoms with van der Waals surface area (Å²) < 4.78 is 2.25. The van der Waals surface area contributed by atoms with Gasteiger partial charge in [-0.3, -0.25) is 9.36 Å². The first-order valence-corrected chi connectivity index (χ1v) is 7.40. The van der Waals surface area contributed by atoms with Crippen molar-refractivity contribution in [3.05, 3.63) is 26.8 Å². The van der Waals surface area contributed by atoms with E-state index in [2.05, 4.69) is 26.2 Å². The molecule has 0 spiro atoms. The lowest BCUT2D eigenvalue weighted by Gasteiger charge is -2.12. The lowest BCUT2D eigenvalue weighted by Crippen LogP contribution is -2.31. The molecule has 1 fully saturated rings. The van der Waals surface area contributed by atoms with Gasteiger partial charge in [0.05, 0.1) is 0 Å². The molecular weight excluding hydrogens is 294 g/mol. The molecule has 0 bridgehead atoms. The average Bonchev–Trinajstić information content (AvgIpc) is 2.86. The summed E-state index contributed by atoms with van der Waals surface area (Å²) in [6, 6.07) is 0. The molecule has 0 radical (unpaired) electrons. The molecule has 18 heavy (non-hydrogen) atoms. The summed E-state index contributed by atoms with van der Waals surface area (Å²) in [5.41, 5.74) is 0.00478. The quantitative estimate of drug-likeness (QED) is 0.847. The van der Waals surface area contributed by atoms with Gasteiger partial charge in [0.25, 0.3) is 5.56 Å². The van der Waals surface area contributed by atoms with E-state index in [1.807, 2.05) is 6.92 Å². The summed E-state index contributed by atoms with van der Waals surface area (Å²) in [6.45, 7) is 4.46. The Labute approximate surface area is 116 Å². The first-order chi connectivity index (χ1) is 8.68. The Morgan fingerprint density at radius 1 is 1.50 bits per heavy atom.